The van der Waals surface area contributed by atoms with Crippen molar-refractivity contribution in [2.45, 2.75) is 45.8 Å². The van der Waals surface area contributed by atoms with E-state index in [2.05, 4.69) is 38.2 Å². The zero-order valence-electron chi connectivity index (χ0n) is 14.4. The molecule has 23 heavy (non-hydrogen) atoms. The van der Waals surface area contributed by atoms with Gasteiger partial charge in [-0.15, -0.1) is 11.8 Å². The lowest BCUT2D eigenvalue weighted by Crippen LogP contribution is -2.29. The largest absolute Gasteiger partial charge is 0.356 e. The third kappa shape index (κ3) is 4.50. The summed E-state index contributed by atoms with van der Waals surface area (Å²) in [4.78, 5) is 25.5. The summed E-state index contributed by atoms with van der Waals surface area (Å²) in [6.45, 7) is 9.25. The average Bonchev–Trinajstić information content (AvgIpc) is 2.79. The fourth-order valence-corrected chi connectivity index (χ4v) is 4.33. The van der Waals surface area contributed by atoms with Crippen LogP contribution in [0.3, 0.4) is 0 Å². The van der Waals surface area contributed by atoms with Crippen LogP contribution in [0.2, 0.25) is 0 Å². The maximum Gasteiger partial charge on any atom is 0.240 e. The van der Waals surface area contributed by atoms with Crippen LogP contribution in [0.15, 0.2) is 12.1 Å². The Morgan fingerprint density at radius 2 is 1.96 bits per heavy atom. The van der Waals surface area contributed by atoms with Crippen molar-refractivity contribution >= 4 is 29.3 Å². The van der Waals surface area contributed by atoms with Gasteiger partial charge in [-0.2, -0.15) is 0 Å². The molecule has 1 aromatic carbocycles. The molecule has 4 nitrogen and oxygen atoms in total. The van der Waals surface area contributed by atoms with E-state index in [-0.39, 0.29) is 17.1 Å². The molecule has 1 atom stereocenters. The molecule has 5 heteroatoms. The molecule has 1 heterocycles. The van der Waals surface area contributed by atoms with Gasteiger partial charge in [-0.1, -0.05) is 17.7 Å². The fraction of sp³-hybridized carbons (Fsp3) is 0.556. The predicted molar refractivity (Wildman–Crippen MR) is 97.2 cm³/mol. The van der Waals surface area contributed by atoms with Crippen LogP contribution in [0.4, 0.5) is 5.69 Å². The maximum atomic E-state index is 12.7. The first-order valence-electron chi connectivity index (χ1n) is 8.15. The number of nitrogens with zero attached hydrogens (tertiary/aromatic N) is 1. The van der Waals surface area contributed by atoms with Crippen LogP contribution in [-0.2, 0) is 9.59 Å². The van der Waals surface area contributed by atoms with Crippen molar-refractivity contribution in [3.63, 3.8) is 0 Å². The lowest BCUT2D eigenvalue weighted by atomic mass is 10.0. The maximum absolute atomic E-state index is 12.7. The van der Waals surface area contributed by atoms with Crippen molar-refractivity contribution in [1.29, 1.82) is 0 Å². The van der Waals surface area contributed by atoms with E-state index in [9.17, 15) is 9.59 Å². The van der Waals surface area contributed by atoms with Gasteiger partial charge in [-0.3, -0.25) is 9.59 Å². The second-order valence-corrected chi connectivity index (χ2v) is 7.53. The van der Waals surface area contributed by atoms with Crippen LogP contribution in [0.25, 0.3) is 0 Å². The van der Waals surface area contributed by atoms with Gasteiger partial charge in [0.2, 0.25) is 11.8 Å². The van der Waals surface area contributed by atoms with Crippen molar-refractivity contribution in [1.82, 2.24) is 5.32 Å². The van der Waals surface area contributed by atoms with Gasteiger partial charge < -0.3 is 10.2 Å². The van der Waals surface area contributed by atoms with Crippen LogP contribution in [-0.4, -0.2) is 35.9 Å². The van der Waals surface area contributed by atoms with Gasteiger partial charge in [0.05, 0.1) is 5.25 Å². The fourth-order valence-electron chi connectivity index (χ4n) is 3.19. The molecule has 0 radical (unpaired) electrons. The minimum Gasteiger partial charge on any atom is -0.356 e. The first kappa shape index (κ1) is 17.9. The van der Waals surface area contributed by atoms with Gasteiger partial charge in [-0.25, -0.2) is 0 Å². The number of carbonyl (C=O) groups excluding carboxylic acids is 2. The Morgan fingerprint density at radius 1 is 1.30 bits per heavy atom. The number of nitrogens with one attached hydrogen (secondary N) is 1. The molecule has 0 spiro atoms. The van der Waals surface area contributed by atoms with E-state index in [0.29, 0.717) is 6.54 Å². The van der Waals surface area contributed by atoms with E-state index < -0.39 is 0 Å². The molecule has 126 valence electrons. The van der Waals surface area contributed by atoms with Gasteiger partial charge in [-0.05, 0) is 50.5 Å². The van der Waals surface area contributed by atoms with Gasteiger partial charge >= 0.3 is 0 Å². The summed E-state index contributed by atoms with van der Waals surface area (Å²) in [5.41, 5.74) is 4.67. The van der Waals surface area contributed by atoms with Crippen LogP contribution in [0.5, 0.6) is 0 Å². The second-order valence-electron chi connectivity index (χ2n) is 6.22. The molecule has 1 fully saturated rings. The van der Waals surface area contributed by atoms with Gasteiger partial charge in [0.25, 0.3) is 0 Å². The van der Waals surface area contributed by atoms with Crippen molar-refractivity contribution in [3.05, 3.63) is 28.8 Å². The number of anilines is 1. The normalized spacial score (nSPS) is 17.7. The van der Waals surface area contributed by atoms with Gasteiger partial charge in [0, 0.05) is 25.7 Å². The zero-order valence-corrected chi connectivity index (χ0v) is 15.3. The highest BCUT2D eigenvalue weighted by Gasteiger charge is 2.33. The van der Waals surface area contributed by atoms with Crippen molar-refractivity contribution in [3.8, 4) is 0 Å². The van der Waals surface area contributed by atoms with E-state index in [1.807, 2.05) is 4.90 Å². The number of amides is 2. The lowest BCUT2D eigenvalue weighted by molar-refractivity contribution is -0.119. The van der Waals surface area contributed by atoms with E-state index >= 15 is 0 Å². The Balaban J connectivity index is 1.93. The highest BCUT2D eigenvalue weighted by molar-refractivity contribution is 8.00. The summed E-state index contributed by atoms with van der Waals surface area (Å²) < 4.78 is 0. The Hall–Kier alpha value is -1.49. The van der Waals surface area contributed by atoms with Crippen LogP contribution < -0.4 is 10.2 Å². The summed E-state index contributed by atoms with van der Waals surface area (Å²) in [5, 5.41) is 2.84. The van der Waals surface area contributed by atoms with E-state index in [4.69, 9.17) is 0 Å². The van der Waals surface area contributed by atoms with Crippen LogP contribution in [0.1, 0.15) is 36.5 Å². The number of thioether (sulfide) groups is 1. The first-order valence-corrected chi connectivity index (χ1v) is 9.20. The highest BCUT2D eigenvalue weighted by Crippen LogP contribution is 2.33. The quantitative estimate of drug-likeness (QED) is 0.814. The lowest BCUT2D eigenvalue weighted by Gasteiger charge is -2.22. The molecule has 0 saturated carbocycles. The Labute approximate surface area is 143 Å². The molecule has 0 aliphatic carbocycles. The Bertz CT molecular complexity index is 578. The summed E-state index contributed by atoms with van der Waals surface area (Å²) in [6, 6.07) is 4.28. The molecule has 1 N–H and O–H groups in total. The molecule has 0 unspecified atom stereocenters. The molecular formula is C18H26N2O2S. The smallest absolute Gasteiger partial charge is 0.240 e. The van der Waals surface area contributed by atoms with Crippen molar-refractivity contribution in [2.24, 2.45) is 0 Å². The van der Waals surface area contributed by atoms with E-state index in [0.717, 1.165) is 30.8 Å². The van der Waals surface area contributed by atoms with Crippen LogP contribution >= 0.6 is 11.8 Å². The molecule has 1 aliphatic heterocycles. The third-order valence-corrected chi connectivity index (χ3v) is 5.44. The third-order valence-electron chi connectivity index (χ3n) is 4.08. The number of aryl methyl sites for hydroxylation is 3. The number of carbonyl (C=O) groups is 2. The number of hydrogen-bond acceptors (Lipinski definition) is 3. The Kier molecular flexibility index (Phi) is 6.10. The molecule has 1 aliphatic rings. The van der Waals surface area contributed by atoms with Crippen molar-refractivity contribution < 1.29 is 9.59 Å². The van der Waals surface area contributed by atoms with E-state index in [1.165, 1.54) is 23.6 Å². The SMILES string of the molecule is CC(=O)NCCCS[C@@H]1CCN(c2c(C)cc(C)cc2C)C1=O. The van der Waals surface area contributed by atoms with Gasteiger partial charge in [0.1, 0.15) is 0 Å². The number of rotatable bonds is 6. The highest BCUT2D eigenvalue weighted by atomic mass is 32.2. The molecule has 1 saturated heterocycles. The minimum absolute atomic E-state index is 0.00318. The topological polar surface area (TPSA) is 49.4 Å². The Morgan fingerprint density at radius 3 is 2.57 bits per heavy atom. The van der Waals surface area contributed by atoms with Crippen LogP contribution in [0, 0.1) is 20.8 Å². The second kappa shape index (κ2) is 7.86. The molecule has 0 bridgehead atoms. The number of benzene rings is 1. The summed E-state index contributed by atoms with van der Waals surface area (Å²) >= 11 is 1.71. The minimum atomic E-state index is 0.00318. The standard InChI is InChI=1S/C18H26N2O2S/c1-12-10-13(2)17(14(3)11-12)20-8-6-16(18(20)22)23-9-5-7-19-15(4)21/h10-11,16H,5-9H2,1-4H3,(H,19,21)/t16-/m1/s1. The average molecular weight is 334 g/mol. The summed E-state index contributed by atoms with van der Waals surface area (Å²) in [7, 11) is 0. The monoisotopic (exact) mass is 334 g/mol. The molecule has 2 rings (SSSR count). The summed E-state index contributed by atoms with van der Waals surface area (Å²) in [6.07, 6.45) is 1.80. The van der Waals surface area contributed by atoms with Crippen molar-refractivity contribution in [2.75, 3.05) is 23.7 Å². The molecule has 0 aromatic heterocycles. The zero-order chi connectivity index (χ0) is 17.0. The molecular weight excluding hydrogens is 308 g/mol. The van der Waals surface area contributed by atoms with E-state index in [1.54, 1.807) is 11.8 Å². The first-order chi connectivity index (χ1) is 10.9. The predicted octanol–water partition coefficient (Wildman–Crippen LogP) is 2.98. The van der Waals surface area contributed by atoms with Gasteiger partial charge in [0.15, 0.2) is 0 Å². The number of hydrogen-bond donors (Lipinski definition) is 1. The molecule has 2 amide bonds. The summed E-state index contributed by atoms with van der Waals surface area (Å²) in [5.74, 6) is 1.13. The molecule has 1 aromatic rings.